The molecule has 1 aliphatic heterocycles. The average molecular weight is 534 g/mol. The van der Waals surface area contributed by atoms with Crippen LogP contribution in [0.15, 0.2) is 29.1 Å². The second kappa shape index (κ2) is 5.66. The molecule has 0 radical (unpaired) electrons. The van der Waals surface area contributed by atoms with Gasteiger partial charge >= 0.3 is 6.03 Å². The van der Waals surface area contributed by atoms with Crippen LogP contribution in [-0.4, -0.2) is 23.6 Å². The quantitative estimate of drug-likeness (QED) is 0.369. The summed E-state index contributed by atoms with van der Waals surface area (Å²) in [6.45, 7) is 0. The monoisotopic (exact) mass is 530 g/mol. The first-order valence-electron chi connectivity index (χ1n) is 4.82. The van der Waals surface area contributed by atoms with E-state index < -0.39 is 29.2 Å². The van der Waals surface area contributed by atoms with E-state index in [1.807, 2.05) is 10.6 Å². The maximum atomic E-state index is 12.2. The van der Waals surface area contributed by atoms with Crippen LogP contribution in [0.25, 0.3) is 0 Å². The van der Waals surface area contributed by atoms with Crippen molar-refractivity contribution in [3.63, 3.8) is 0 Å². The number of Topliss-reactive ketones (excluding diaryl/α,β-unsaturated/α-hetero) is 1. The summed E-state index contributed by atoms with van der Waals surface area (Å²) in [5.74, 6) is -2.43. The summed E-state index contributed by atoms with van der Waals surface area (Å²) in [7, 11) is 0. The van der Waals surface area contributed by atoms with Gasteiger partial charge in [0.1, 0.15) is 5.57 Å². The molecular weight excluding hydrogens is 532 g/mol. The van der Waals surface area contributed by atoms with Crippen molar-refractivity contribution in [1.82, 2.24) is 10.6 Å². The zero-order chi connectivity index (χ0) is 15.2. The Bertz CT molecular complexity index is 667. The molecule has 0 aromatic carbocycles. The molecule has 4 amide bonds. The Labute approximate surface area is 145 Å². The summed E-state index contributed by atoms with van der Waals surface area (Å²) >= 11 is 12.7. The first-order chi connectivity index (χ1) is 9.25. The molecule has 104 valence electrons. The number of carbonyl (C=O) groups is 4. The van der Waals surface area contributed by atoms with Crippen molar-refractivity contribution in [3.8, 4) is 0 Å². The number of hydrogen-bond acceptors (Lipinski definition) is 4. The molecule has 1 aliphatic carbocycles. The number of rotatable bonds is 0. The van der Waals surface area contributed by atoms with Gasteiger partial charge in [-0.25, -0.2) is 4.79 Å². The summed E-state index contributed by atoms with van der Waals surface area (Å²) in [4.78, 5) is 46.9. The van der Waals surface area contributed by atoms with Crippen LogP contribution in [0.5, 0.6) is 0 Å². The van der Waals surface area contributed by atoms with Gasteiger partial charge in [0.15, 0.2) is 0 Å². The van der Waals surface area contributed by atoms with Crippen molar-refractivity contribution in [3.05, 3.63) is 29.1 Å². The summed E-state index contributed by atoms with van der Waals surface area (Å²) in [6, 6.07) is -0.928. The molecule has 1 fully saturated rings. The largest absolute Gasteiger partial charge is 0.328 e. The van der Waals surface area contributed by atoms with Crippen LogP contribution in [0.4, 0.5) is 4.79 Å². The highest BCUT2D eigenvalue weighted by molar-refractivity contribution is 9.17. The van der Waals surface area contributed by atoms with E-state index in [1.165, 1.54) is 0 Å². The minimum Gasteiger partial charge on any atom is -0.288 e. The van der Waals surface area contributed by atoms with Gasteiger partial charge in [0.05, 0.1) is 14.5 Å². The smallest absolute Gasteiger partial charge is 0.288 e. The van der Waals surface area contributed by atoms with Crippen LogP contribution in [0, 0.1) is 0 Å². The van der Waals surface area contributed by atoms with E-state index in [0.29, 0.717) is 8.96 Å². The lowest BCUT2D eigenvalue weighted by Crippen LogP contribution is -2.52. The predicted molar refractivity (Wildman–Crippen MR) is 83.5 cm³/mol. The molecule has 1 heterocycles. The number of amides is 4. The van der Waals surface area contributed by atoms with E-state index in [-0.39, 0.29) is 14.5 Å². The summed E-state index contributed by atoms with van der Waals surface area (Å²) in [5, 5.41) is 3.83. The van der Waals surface area contributed by atoms with Gasteiger partial charge in [0.25, 0.3) is 11.8 Å². The van der Waals surface area contributed by atoms with E-state index in [1.54, 1.807) is 0 Å². The SMILES string of the molecule is O=C1NC(=O)C(=C2C(=O)C(Br)=C(Br)C(Br)=C2Br)C(=O)N1. The van der Waals surface area contributed by atoms with E-state index in [0.717, 1.165) is 0 Å². The maximum Gasteiger partial charge on any atom is 0.328 e. The molecule has 2 rings (SSSR count). The minimum atomic E-state index is -0.933. The zero-order valence-corrected chi connectivity index (χ0v) is 15.5. The van der Waals surface area contributed by atoms with Crippen LogP contribution in [-0.2, 0) is 14.4 Å². The summed E-state index contributed by atoms with van der Waals surface area (Å²) in [6.07, 6.45) is 0. The number of ketones is 1. The standard InChI is InChI=1S/C10H2Br4N2O4/c11-3-1(7(17)6(14)5(13)4(3)12)2-8(18)15-10(20)16-9(2)19/h(H2,15,16,18,19,20). The van der Waals surface area contributed by atoms with Crippen molar-refractivity contribution >= 4 is 87.3 Å². The van der Waals surface area contributed by atoms with Gasteiger partial charge in [-0.1, -0.05) is 0 Å². The van der Waals surface area contributed by atoms with Gasteiger partial charge in [-0.2, -0.15) is 0 Å². The lowest BCUT2D eigenvalue weighted by Gasteiger charge is -2.21. The van der Waals surface area contributed by atoms with Gasteiger partial charge in [-0.15, -0.1) is 0 Å². The predicted octanol–water partition coefficient (Wildman–Crippen LogP) is 2.23. The molecule has 0 bridgehead atoms. The molecule has 0 aromatic heterocycles. The van der Waals surface area contributed by atoms with E-state index in [2.05, 4.69) is 63.7 Å². The number of halogens is 4. The van der Waals surface area contributed by atoms with Gasteiger partial charge in [0, 0.05) is 8.96 Å². The molecule has 20 heavy (non-hydrogen) atoms. The number of barbiturate groups is 1. The van der Waals surface area contributed by atoms with Crippen LogP contribution in [0.3, 0.4) is 0 Å². The fraction of sp³-hybridized carbons (Fsp3) is 0. The lowest BCUT2D eigenvalue weighted by atomic mass is 9.97. The van der Waals surface area contributed by atoms with Crippen LogP contribution >= 0.6 is 63.7 Å². The van der Waals surface area contributed by atoms with E-state index in [9.17, 15) is 19.2 Å². The molecule has 0 unspecified atom stereocenters. The Kier molecular flexibility index (Phi) is 4.47. The second-order valence-corrected chi connectivity index (χ2v) is 6.74. The van der Waals surface area contributed by atoms with Crippen LogP contribution in [0.1, 0.15) is 0 Å². The van der Waals surface area contributed by atoms with Crippen molar-refractivity contribution in [2.24, 2.45) is 0 Å². The van der Waals surface area contributed by atoms with Crippen molar-refractivity contribution in [2.45, 2.75) is 0 Å². The number of nitrogens with one attached hydrogen (secondary N) is 2. The number of allylic oxidation sites excluding steroid dienone is 5. The minimum absolute atomic E-state index is 0.144. The molecule has 6 nitrogen and oxygen atoms in total. The molecule has 10 heteroatoms. The van der Waals surface area contributed by atoms with Crippen LogP contribution in [0.2, 0.25) is 0 Å². The normalized spacial score (nSPS) is 20.6. The summed E-state index contributed by atoms with van der Waals surface area (Å²) < 4.78 is 1.26. The number of imide groups is 2. The molecule has 0 saturated carbocycles. The third-order valence-electron chi connectivity index (χ3n) is 2.38. The molecule has 2 aliphatic rings. The van der Waals surface area contributed by atoms with Crippen molar-refractivity contribution in [2.75, 3.05) is 0 Å². The highest BCUT2D eigenvalue weighted by Gasteiger charge is 2.38. The number of hydrogen-bond donors (Lipinski definition) is 2. The Hall–Kier alpha value is -0.580. The van der Waals surface area contributed by atoms with Crippen molar-refractivity contribution in [1.29, 1.82) is 0 Å². The van der Waals surface area contributed by atoms with Gasteiger partial charge in [0.2, 0.25) is 5.78 Å². The van der Waals surface area contributed by atoms with E-state index >= 15 is 0 Å². The third-order valence-corrected chi connectivity index (χ3v) is 7.11. The first kappa shape index (κ1) is 15.8. The Balaban J connectivity index is 2.71. The number of carbonyl (C=O) groups excluding carboxylic acids is 4. The molecular formula is C10H2Br4N2O4. The topological polar surface area (TPSA) is 92.3 Å². The molecule has 2 N–H and O–H groups in total. The third kappa shape index (κ3) is 2.49. The maximum absolute atomic E-state index is 12.2. The lowest BCUT2D eigenvalue weighted by molar-refractivity contribution is -0.124. The fourth-order valence-electron chi connectivity index (χ4n) is 1.53. The van der Waals surface area contributed by atoms with Gasteiger partial charge in [-0.05, 0) is 63.7 Å². The second-order valence-electron chi connectivity index (χ2n) is 3.57. The highest BCUT2D eigenvalue weighted by atomic mass is 79.9. The molecule has 1 saturated heterocycles. The van der Waals surface area contributed by atoms with E-state index in [4.69, 9.17) is 0 Å². The Morgan fingerprint density at radius 1 is 0.600 bits per heavy atom. The zero-order valence-electron chi connectivity index (χ0n) is 9.14. The molecule has 0 atom stereocenters. The van der Waals surface area contributed by atoms with Crippen molar-refractivity contribution < 1.29 is 19.2 Å². The van der Waals surface area contributed by atoms with Gasteiger partial charge < -0.3 is 0 Å². The highest BCUT2D eigenvalue weighted by Crippen LogP contribution is 2.44. The molecule has 0 aromatic rings. The van der Waals surface area contributed by atoms with Crippen LogP contribution < -0.4 is 10.6 Å². The summed E-state index contributed by atoms with van der Waals surface area (Å²) in [5.41, 5.74) is -0.579. The Morgan fingerprint density at radius 2 is 1.05 bits per heavy atom. The van der Waals surface area contributed by atoms with Gasteiger partial charge in [-0.3, -0.25) is 25.0 Å². The Morgan fingerprint density at radius 3 is 1.55 bits per heavy atom. The fourth-order valence-corrected chi connectivity index (χ4v) is 3.81. The molecule has 0 spiro atoms. The number of urea groups is 1. The first-order valence-corrected chi connectivity index (χ1v) is 7.99. The average Bonchev–Trinajstić information content (AvgIpc) is 2.37.